The summed E-state index contributed by atoms with van der Waals surface area (Å²) in [6.07, 6.45) is 8.88. The molecule has 39 heavy (non-hydrogen) atoms. The minimum absolute atomic E-state index is 0.0610. The van der Waals surface area contributed by atoms with E-state index in [-0.39, 0.29) is 41.8 Å². The zero-order valence-electron chi connectivity index (χ0n) is 23.1. The average molecular weight is 556 g/mol. The first-order chi connectivity index (χ1) is 18.7. The van der Waals surface area contributed by atoms with Gasteiger partial charge in [0.05, 0.1) is 13.2 Å². The summed E-state index contributed by atoms with van der Waals surface area (Å²) in [5.41, 5.74) is 1.82. The van der Waals surface area contributed by atoms with Crippen LogP contribution >= 0.6 is 0 Å². The van der Waals surface area contributed by atoms with E-state index in [9.17, 15) is 18.3 Å². The van der Waals surface area contributed by atoms with Crippen LogP contribution in [0.1, 0.15) is 57.1 Å². The Morgan fingerprint density at radius 3 is 2.51 bits per heavy atom. The molecule has 0 bridgehead atoms. The molecule has 0 radical (unpaired) electrons. The lowest BCUT2D eigenvalue weighted by Gasteiger charge is -2.37. The van der Waals surface area contributed by atoms with E-state index in [4.69, 9.17) is 4.74 Å². The van der Waals surface area contributed by atoms with Gasteiger partial charge in [-0.1, -0.05) is 74.7 Å². The first-order valence-corrected chi connectivity index (χ1v) is 15.3. The number of hydrogen-bond acceptors (Lipinski definition) is 5. The summed E-state index contributed by atoms with van der Waals surface area (Å²) in [5.74, 6) is 0.00774. The van der Waals surface area contributed by atoms with E-state index in [1.165, 1.54) is 10.7 Å². The van der Waals surface area contributed by atoms with Crippen LogP contribution < -0.4 is 10.1 Å². The lowest BCUT2D eigenvalue weighted by atomic mass is 9.96. The van der Waals surface area contributed by atoms with Crippen molar-refractivity contribution >= 4 is 28.2 Å². The summed E-state index contributed by atoms with van der Waals surface area (Å²) in [6, 6.07) is 14.4. The fourth-order valence-corrected chi connectivity index (χ4v) is 7.03. The lowest BCUT2D eigenvalue weighted by molar-refractivity contribution is 0.0806. The molecule has 2 aromatic carbocycles. The lowest BCUT2D eigenvalue weighted by Crippen LogP contribution is -2.52. The Balaban J connectivity index is 1.62. The van der Waals surface area contributed by atoms with Gasteiger partial charge in [-0.15, -0.1) is 0 Å². The van der Waals surface area contributed by atoms with Crippen LogP contribution in [0.3, 0.4) is 0 Å². The molecule has 4 rings (SSSR count). The number of rotatable bonds is 7. The Morgan fingerprint density at radius 2 is 1.82 bits per heavy atom. The predicted molar refractivity (Wildman–Crippen MR) is 154 cm³/mol. The largest absolute Gasteiger partial charge is 0.487 e. The number of ether oxygens (including phenoxy) is 1. The molecule has 0 aromatic heterocycles. The van der Waals surface area contributed by atoms with E-state index in [0.29, 0.717) is 6.54 Å². The minimum Gasteiger partial charge on any atom is -0.487 e. The smallest absolute Gasteiger partial charge is 0.317 e. The fraction of sp³-hybridized carbons (Fsp3) is 0.500. The third-order valence-electron chi connectivity index (χ3n) is 7.69. The summed E-state index contributed by atoms with van der Waals surface area (Å²) >= 11 is 0. The summed E-state index contributed by atoms with van der Waals surface area (Å²) < 4.78 is 35.2. The van der Waals surface area contributed by atoms with Gasteiger partial charge in [-0.2, -0.15) is 4.31 Å². The maximum atomic E-state index is 13.7. The number of likely N-dealkylation sites (N-methyl/N-ethyl adjacent to an activating group) is 1. The van der Waals surface area contributed by atoms with Gasteiger partial charge in [-0.25, -0.2) is 13.2 Å². The summed E-state index contributed by atoms with van der Waals surface area (Å²) in [5, 5.41) is 13.0. The van der Waals surface area contributed by atoms with Gasteiger partial charge in [-0.3, -0.25) is 0 Å². The highest BCUT2D eigenvalue weighted by Gasteiger charge is 2.38. The van der Waals surface area contributed by atoms with Crippen molar-refractivity contribution in [3.63, 3.8) is 0 Å². The van der Waals surface area contributed by atoms with Gasteiger partial charge in [0.25, 0.3) is 0 Å². The number of aliphatic hydroxyl groups is 1. The number of sulfonamides is 1. The number of benzene rings is 2. The van der Waals surface area contributed by atoms with E-state index in [0.717, 1.165) is 36.8 Å². The molecule has 2 aliphatic rings. The molecule has 1 saturated carbocycles. The van der Waals surface area contributed by atoms with Crippen molar-refractivity contribution in [1.82, 2.24) is 14.5 Å². The number of aliphatic hydroxyl groups excluding tert-OH is 1. The highest BCUT2D eigenvalue weighted by atomic mass is 32.2. The Hall–Kier alpha value is -2.88. The van der Waals surface area contributed by atoms with Crippen molar-refractivity contribution < 1.29 is 23.1 Å². The van der Waals surface area contributed by atoms with Crippen LogP contribution in [0.25, 0.3) is 12.2 Å². The van der Waals surface area contributed by atoms with Crippen LogP contribution in [0, 0.1) is 5.92 Å². The van der Waals surface area contributed by atoms with Crippen molar-refractivity contribution in [3.05, 3.63) is 59.7 Å². The maximum absolute atomic E-state index is 13.7. The number of carbonyl (C=O) groups is 1. The predicted octanol–water partition coefficient (Wildman–Crippen LogP) is 4.60. The second kappa shape index (κ2) is 13.0. The van der Waals surface area contributed by atoms with Crippen LogP contribution in [0.5, 0.6) is 5.75 Å². The van der Waals surface area contributed by atoms with Gasteiger partial charge in [0.15, 0.2) is 0 Å². The molecule has 9 heteroatoms. The Labute approximate surface area is 232 Å². The molecule has 1 aliphatic heterocycles. The van der Waals surface area contributed by atoms with E-state index >= 15 is 0 Å². The number of hydrogen-bond donors (Lipinski definition) is 2. The molecule has 1 aliphatic carbocycles. The molecule has 0 saturated heterocycles. The molecule has 2 amide bonds. The third kappa shape index (κ3) is 7.21. The average Bonchev–Trinajstić information content (AvgIpc) is 2.94. The van der Waals surface area contributed by atoms with Crippen molar-refractivity contribution in [2.24, 2.45) is 5.92 Å². The second-order valence-corrected chi connectivity index (χ2v) is 12.7. The SMILES string of the molecule is C[C@@H]1CN([C@H](C)CO)S(=O)(=O)c2ccc(/C=C/c3ccccc3)cc2O[C@@H]1CN(C)C(=O)NC1CCCCC1. The Bertz CT molecular complexity index is 1240. The van der Waals surface area contributed by atoms with Crippen molar-refractivity contribution in [3.8, 4) is 5.75 Å². The second-order valence-electron chi connectivity index (χ2n) is 10.9. The zero-order valence-corrected chi connectivity index (χ0v) is 23.9. The number of nitrogens with zero attached hydrogens (tertiary/aromatic N) is 2. The van der Waals surface area contributed by atoms with Gasteiger partial charge >= 0.3 is 6.03 Å². The molecule has 1 heterocycles. The maximum Gasteiger partial charge on any atom is 0.317 e. The van der Waals surface area contributed by atoms with Crippen LogP contribution in [0.15, 0.2) is 53.4 Å². The number of nitrogens with one attached hydrogen (secondary N) is 1. The Morgan fingerprint density at radius 1 is 1.13 bits per heavy atom. The minimum atomic E-state index is -3.93. The van der Waals surface area contributed by atoms with Crippen LogP contribution in [0.4, 0.5) is 4.79 Å². The van der Waals surface area contributed by atoms with Crippen LogP contribution in [-0.4, -0.2) is 73.7 Å². The van der Waals surface area contributed by atoms with Crippen LogP contribution in [0.2, 0.25) is 0 Å². The van der Waals surface area contributed by atoms with Crippen LogP contribution in [-0.2, 0) is 10.0 Å². The number of amides is 2. The van der Waals surface area contributed by atoms with Crippen molar-refractivity contribution in [2.45, 2.75) is 69.0 Å². The number of fused-ring (bicyclic) bond motifs is 1. The molecular weight excluding hydrogens is 514 g/mol. The van der Waals surface area contributed by atoms with Gasteiger partial charge in [0, 0.05) is 31.6 Å². The summed E-state index contributed by atoms with van der Waals surface area (Å²) in [7, 11) is -2.18. The molecule has 0 unspecified atom stereocenters. The van der Waals surface area contributed by atoms with Gasteiger partial charge in [-0.05, 0) is 43.0 Å². The first kappa shape index (κ1) is 29.1. The summed E-state index contributed by atoms with van der Waals surface area (Å²) in [4.78, 5) is 14.7. The van der Waals surface area contributed by atoms with E-state index in [2.05, 4.69) is 5.32 Å². The molecule has 8 nitrogen and oxygen atoms in total. The fourth-order valence-electron chi connectivity index (χ4n) is 5.20. The topological polar surface area (TPSA) is 99.2 Å². The van der Waals surface area contributed by atoms with E-state index in [1.807, 2.05) is 49.4 Å². The van der Waals surface area contributed by atoms with Crippen molar-refractivity contribution in [1.29, 1.82) is 0 Å². The van der Waals surface area contributed by atoms with Gasteiger partial charge in [0.2, 0.25) is 10.0 Å². The molecule has 0 spiro atoms. The molecule has 2 aromatic rings. The third-order valence-corrected chi connectivity index (χ3v) is 9.71. The quantitative estimate of drug-likeness (QED) is 0.487. The Kier molecular flexibility index (Phi) is 9.69. The summed E-state index contributed by atoms with van der Waals surface area (Å²) in [6.45, 7) is 3.79. The van der Waals surface area contributed by atoms with E-state index < -0.39 is 22.2 Å². The number of carbonyl (C=O) groups excluding carboxylic acids is 1. The monoisotopic (exact) mass is 555 g/mol. The van der Waals surface area contributed by atoms with Crippen molar-refractivity contribution in [2.75, 3.05) is 26.7 Å². The highest BCUT2D eigenvalue weighted by molar-refractivity contribution is 7.89. The molecule has 3 atom stereocenters. The van der Waals surface area contributed by atoms with E-state index in [1.54, 1.807) is 37.1 Å². The molecule has 212 valence electrons. The first-order valence-electron chi connectivity index (χ1n) is 13.9. The normalized spacial score (nSPS) is 22.8. The number of urea groups is 1. The highest BCUT2D eigenvalue weighted by Crippen LogP contribution is 2.34. The molecule has 2 N–H and O–H groups in total. The standard InChI is InChI=1S/C30H41N3O5S/c1-22-19-33(23(2)21-34)39(36,37)29-17-16-25(15-14-24-10-6-4-7-11-24)18-27(29)38-28(22)20-32(3)30(35)31-26-12-8-5-9-13-26/h4,6-7,10-11,14-18,22-23,26,28,34H,5,8-9,12-13,19-21H2,1-3H3,(H,31,35)/b15-14+/t22-,23-,28-/m1/s1. The molecular formula is C30H41N3O5S. The van der Waals surface area contributed by atoms with Gasteiger partial charge in [0.1, 0.15) is 16.7 Å². The molecule has 1 fully saturated rings. The van der Waals surface area contributed by atoms with Gasteiger partial charge < -0.3 is 20.1 Å². The zero-order chi connectivity index (χ0) is 28.0.